The third-order valence-corrected chi connectivity index (χ3v) is 4.06. The molecule has 0 saturated carbocycles. The van der Waals surface area contributed by atoms with Crippen LogP contribution in [0.5, 0.6) is 0 Å². The summed E-state index contributed by atoms with van der Waals surface area (Å²) in [5.41, 5.74) is 1.23. The number of nitrogens with zero attached hydrogens (tertiary/aromatic N) is 2. The van der Waals surface area contributed by atoms with Crippen molar-refractivity contribution >= 4 is 11.9 Å². The number of aromatic nitrogens is 1. The van der Waals surface area contributed by atoms with Gasteiger partial charge in [-0.1, -0.05) is 30.0 Å². The summed E-state index contributed by atoms with van der Waals surface area (Å²) in [6.07, 6.45) is 1.31. The molecule has 2 aromatic rings. The van der Waals surface area contributed by atoms with Crippen molar-refractivity contribution in [1.29, 1.82) is 0 Å². The Balaban J connectivity index is 1.81. The van der Waals surface area contributed by atoms with E-state index < -0.39 is 5.60 Å². The molecule has 0 unspecified atom stereocenters. The van der Waals surface area contributed by atoms with Crippen LogP contribution < -0.4 is 4.90 Å². The summed E-state index contributed by atoms with van der Waals surface area (Å²) in [5, 5.41) is 0. The van der Waals surface area contributed by atoms with Crippen molar-refractivity contribution in [3.05, 3.63) is 59.8 Å². The Labute approximate surface area is 136 Å². The number of amides is 1. The Morgan fingerprint density at radius 3 is 2.35 bits per heavy atom. The van der Waals surface area contributed by atoms with E-state index in [-0.39, 0.29) is 12.1 Å². The van der Waals surface area contributed by atoms with Gasteiger partial charge < -0.3 is 4.74 Å². The molecular formula is C19H18N2O2. The molecule has 4 nitrogen and oxygen atoms in total. The molecule has 1 aromatic heterocycles. The number of hydrogen-bond donors (Lipinski definition) is 0. The maximum atomic E-state index is 12.0. The second-order valence-corrected chi connectivity index (χ2v) is 6.04. The highest BCUT2D eigenvalue weighted by Gasteiger charge is 2.46. The molecule has 1 aromatic carbocycles. The van der Waals surface area contributed by atoms with Gasteiger partial charge in [0.15, 0.2) is 0 Å². The summed E-state index contributed by atoms with van der Waals surface area (Å²) in [7, 11) is 0. The number of anilines is 1. The number of hydrogen-bond acceptors (Lipinski definition) is 3. The Bertz CT molecular complexity index is 771. The molecule has 1 amide bonds. The average Bonchev–Trinajstić information content (AvgIpc) is 2.75. The molecule has 1 aliphatic heterocycles. The summed E-state index contributed by atoms with van der Waals surface area (Å²) in [6, 6.07) is 13.4. The molecule has 116 valence electrons. The predicted octanol–water partition coefficient (Wildman–Crippen LogP) is 3.61. The smallest absolute Gasteiger partial charge is 0.416 e. The standard InChI is InChI=1S/C19H18N2O2/c1-14-19(2,3)23-18(22)21(14)17-12-11-16(13-20-17)10-9-15-7-5-4-6-8-15/h4-8,11-14H,1-3H3/t14-/m1/s1. The van der Waals surface area contributed by atoms with Crippen LogP contribution >= 0.6 is 0 Å². The minimum atomic E-state index is -0.523. The number of benzene rings is 1. The Hall–Kier alpha value is -2.80. The monoisotopic (exact) mass is 306 g/mol. The Morgan fingerprint density at radius 2 is 1.78 bits per heavy atom. The van der Waals surface area contributed by atoms with Gasteiger partial charge in [-0.05, 0) is 45.0 Å². The van der Waals surface area contributed by atoms with E-state index in [2.05, 4.69) is 16.8 Å². The van der Waals surface area contributed by atoms with Crippen molar-refractivity contribution in [1.82, 2.24) is 4.98 Å². The fraction of sp³-hybridized carbons (Fsp3) is 0.263. The third kappa shape index (κ3) is 3.04. The number of carbonyl (C=O) groups is 1. The molecule has 3 rings (SSSR count). The van der Waals surface area contributed by atoms with E-state index in [0.717, 1.165) is 11.1 Å². The van der Waals surface area contributed by atoms with Crippen molar-refractivity contribution in [2.75, 3.05) is 4.90 Å². The number of ether oxygens (including phenoxy) is 1. The third-order valence-electron chi connectivity index (χ3n) is 4.06. The lowest BCUT2D eigenvalue weighted by Crippen LogP contribution is -2.39. The van der Waals surface area contributed by atoms with Gasteiger partial charge in [-0.2, -0.15) is 0 Å². The SMILES string of the molecule is C[C@H]1N(c2ccc(C#Cc3ccccc3)cn2)C(=O)OC1(C)C. The van der Waals surface area contributed by atoms with Gasteiger partial charge in [0, 0.05) is 17.3 Å². The van der Waals surface area contributed by atoms with Crippen molar-refractivity contribution < 1.29 is 9.53 Å². The topological polar surface area (TPSA) is 42.4 Å². The molecule has 1 fully saturated rings. The predicted molar refractivity (Wildman–Crippen MR) is 89.2 cm³/mol. The quantitative estimate of drug-likeness (QED) is 0.756. The van der Waals surface area contributed by atoms with Crippen LogP contribution in [0, 0.1) is 11.8 Å². The molecular weight excluding hydrogens is 288 g/mol. The maximum Gasteiger partial charge on any atom is 0.416 e. The molecule has 1 atom stereocenters. The second-order valence-electron chi connectivity index (χ2n) is 6.04. The van der Waals surface area contributed by atoms with Crippen LogP contribution in [0.1, 0.15) is 31.9 Å². The van der Waals surface area contributed by atoms with Crippen molar-refractivity contribution in [3.63, 3.8) is 0 Å². The fourth-order valence-corrected chi connectivity index (χ4v) is 2.39. The van der Waals surface area contributed by atoms with Gasteiger partial charge in [0.05, 0.1) is 6.04 Å². The van der Waals surface area contributed by atoms with Gasteiger partial charge in [0.25, 0.3) is 0 Å². The van der Waals surface area contributed by atoms with Gasteiger partial charge >= 0.3 is 6.09 Å². The lowest BCUT2D eigenvalue weighted by molar-refractivity contribution is 0.0718. The molecule has 0 aliphatic carbocycles. The van der Waals surface area contributed by atoms with Gasteiger partial charge in [0.2, 0.25) is 0 Å². The highest BCUT2D eigenvalue weighted by Crippen LogP contribution is 2.32. The highest BCUT2D eigenvalue weighted by molar-refractivity contribution is 5.90. The van der Waals surface area contributed by atoms with Gasteiger partial charge in [0.1, 0.15) is 11.4 Å². The Morgan fingerprint density at radius 1 is 1.09 bits per heavy atom. The fourth-order valence-electron chi connectivity index (χ4n) is 2.39. The van der Waals surface area contributed by atoms with E-state index in [1.54, 1.807) is 17.2 Å². The number of cyclic esters (lactones) is 1. The summed E-state index contributed by atoms with van der Waals surface area (Å²) in [5.74, 6) is 6.74. The zero-order chi connectivity index (χ0) is 16.4. The Kier molecular flexibility index (Phi) is 3.79. The van der Waals surface area contributed by atoms with E-state index in [1.807, 2.05) is 57.2 Å². The first-order valence-corrected chi connectivity index (χ1v) is 7.53. The number of pyridine rings is 1. The molecule has 2 heterocycles. The van der Waals surface area contributed by atoms with E-state index in [0.29, 0.717) is 5.82 Å². The lowest BCUT2D eigenvalue weighted by atomic mass is 10.0. The van der Waals surface area contributed by atoms with E-state index in [4.69, 9.17) is 4.74 Å². The molecule has 1 aliphatic rings. The summed E-state index contributed by atoms with van der Waals surface area (Å²) >= 11 is 0. The van der Waals surface area contributed by atoms with Crippen LogP contribution in [0.15, 0.2) is 48.7 Å². The summed E-state index contributed by atoms with van der Waals surface area (Å²) in [4.78, 5) is 18.0. The van der Waals surface area contributed by atoms with Gasteiger partial charge in [-0.25, -0.2) is 9.78 Å². The average molecular weight is 306 g/mol. The van der Waals surface area contributed by atoms with Crippen LogP contribution in [-0.4, -0.2) is 22.7 Å². The molecule has 1 saturated heterocycles. The molecule has 4 heteroatoms. The first-order chi connectivity index (χ1) is 11.0. The second kappa shape index (κ2) is 5.77. The zero-order valence-corrected chi connectivity index (χ0v) is 13.4. The molecule has 0 N–H and O–H groups in total. The number of rotatable bonds is 1. The lowest BCUT2D eigenvalue weighted by Gasteiger charge is -2.24. The van der Waals surface area contributed by atoms with Crippen LogP contribution in [0.25, 0.3) is 0 Å². The minimum Gasteiger partial charge on any atom is -0.441 e. The molecule has 0 spiro atoms. The van der Waals surface area contributed by atoms with Crippen LogP contribution in [0.4, 0.5) is 10.6 Å². The minimum absolute atomic E-state index is 0.0799. The first kappa shape index (κ1) is 15.1. The van der Waals surface area contributed by atoms with Crippen LogP contribution in [0.2, 0.25) is 0 Å². The van der Waals surface area contributed by atoms with Crippen LogP contribution in [0.3, 0.4) is 0 Å². The zero-order valence-electron chi connectivity index (χ0n) is 13.4. The first-order valence-electron chi connectivity index (χ1n) is 7.53. The number of carbonyl (C=O) groups excluding carboxylic acids is 1. The van der Waals surface area contributed by atoms with Crippen molar-refractivity contribution in [2.45, 2.75) is 32.4 Å². The summed E-state index contributed by atoms with van der Waals surface area (Å²) < 4.78 is 5.38. The van der Waals surface area contributed by atoms with Crippen molar-refractivity contribution in [2.24, 2.45) is 0 Å². The van der Waals surface area contributed by atoms with E-state index >= 15 is 0 Å². The highest BCUT2D eigenvalue weighted by atomic mass is 16.6. The molecule has 23 heavy (non-hydrogen) atoms. The maximum absolute atomic E-state index is 12.0. The van der Waals surface area contributed by atoms with Gasteiger partial charge in [-0.15, -0.1) is 0 Å². The largest absolute Gasteiger partial charge is 0.441 e. The van der Waals surface area contributed by atoms with E-state index in [1.165, 1.54) is 0 Å². The molecule has 0 radical (unpaired) electrons. The van der Waals surface area contributed by atoms with E-state index in [9.17, 15) is 4.79 Å². The normalized spacial score (nSPS) is 19.0. The molecule has 0 bridgehead atoms. The van der Waals surface area contributed by atoms with Gasteiger partial charge in [-0.3, -0.25) is 4.90 Å². The van der Waals surface area contributed by atoms with Crippen LogP contribution in [-0.2, 0) is 4.74 Å². The van der Waals surface area contributed by atoms with Crippen molar-refractivity contribution in [3.8, 4) is 11.8 Å². The summed E-state index contributed by atoms with van der Waals surface area (Å²) in [6.45, 7) is 5.75.